The fraction of sp³-hybridized carbons (Fsp3) is 0.333. The molecule has 18 heavy (non-hydrogen) atoms. The van der Waals surface area contributed by atoms with Crippen molar-refractivity contribution >= 4 is 0 Å². The summed E-state index contributed by atoms with van der Waals surface area (Å²) in [7, 11) is 0. The second-order valence-corrected chi connectivity index (χ2v) is 3.46. The van der Waals surface area contributed by atoms with Gasteiger partial charge in [-0.25, -0.2) is 22.0 Å². The highest BCUT2D eigenvalue weighted by molar-refractivity contribution is 5.26. The lowest BCUT2D eigenvalue weighted by Gasteiger charge is -2.13. The molecular formula is C12H9F5O. The van der Waals surface area contributed by atoms with Gasteiger partial charge in [0.1, 0.15) is 0 Å². The van der Waals surface area contributed by atoms with Crippen molar-refractivity contribution in [3.05, 3.63) is 34.6 Å². The van der Waals surface area contributed by atoms with E-state index in [2.05, 4.69) is 11.8 Å². The Morgan fingerprint density at radius 3 is 1.83 bits per heavy atom. The molecule has 0 saturated carbocycles. The van der Waals surface area contributed by atoms with Gasteiger partial charge in [0, 0.05) is 6.42 Å². The van der Waals surface area contributed by atoms with Crippen molar-refractivity contribution in [1.29, 1.82) is 0 Å². The van der Waals surface area contributed by atoms with E-state index < -0.39 is 40.8 Å². The van der Waals surface area contributed by atoms with Crippen molar-refractivity contribution < 1.29 is 27.1 Å². The third-order valence-corrected chi connectivity index (χ3v) is 2.30. The molecule has 1 rings (SSSR count). The Balaban J connectivity index is 3.18. The number of hydrogen-bond donors (Lipinski definition) is 1. The zero-order chi connectivity index (χ0) is 13.9. The van der Waals surface area contributed by atoms with E-state index in [9.17, 15) is 27.1 Å². The smallest absolute Gasteiger partial charge is 0.200 e. The molecule has 0 aliphatic carbocycles. The van der Waals surface area contributed by atoms with Gasteiger partial charge in [-0.3, -0.25) is 0 Å². The molecule has 0 amide bonds. The Kier molecular flexibility index (Phi) is 4.68. The van der Waals surface area contributed by atoms with Crippen LogP contribution in [0.1, 0.15) is 31.4 Å². The molecule has 0 saturated heterocycles. The molecule has 0 spiro atoms. The van der Waals surface area contributed by atoms with Gasteiger partial charge in [0.05, 0.1) is 11.7 Å². The fourth-order valence-electron chi connectivity index (χ4n) is 1.39. The summed E-state index contributed by atoms with van der Waals surface area (Å²) in [4.78, 5) is 0. The highest BCUT2D eigenvalue weighted by atomic mass is 19.2. The quantitative estimate of drug-likeness (QED) is 0.384. The first-order valence-electron chi connectivity index (χ1n) is 5.00. The monoisotopic (exact) mass is 264 g/mol. The standard InChI is InChI=1S/C12H9F5O/c1-2-3-4-5-6(18)7-8(13)10(15)12(17)11(16)9(7)14/h6,18H,4-5H2,1H3. The van der Waals surface area contributed by atoms with Crippen molar-refractivity contribution in [3.8, 4) is 11.8 Å². The fourth-order valence-corrected chi connectivity index (χ4v) is 1.39. The Hall–Kier alpha value is -1.61. The van der Waals surface area contributed by atoms with E-state index >= 15 is 0 Å². The van der Waals surface area contributed by atoms with Gasteiger partial charge in [0.25, 0.3) is 0 Å². The Morgan fingerprint density at radius 1 is 0.944 bits per heavy atom. The Morgan fingerprint density at radius 2 is 1.39 bits per heavy atom. The van der Waals surface area contributed by atoms with Crippen LogP contribution >= 0.6 is 0 Å². The van der Waals surface area contributed by atoms with Gasteiger partial charge in [0.15, 0.2) is 23.3 Å². The van der Waals surface area contributed by atoms with Crippen LogP contribution in [-0.4, -0.2) is 5.11 Å². The average molecular weight is 264 g/mol. The van der Waals surface area contributed by atoms with E-state index in [0.717, 1.165) is 0 Å². The maximum absolute atomic E-state index is 13.2. The van der Waals surface area contributed by atoms with Gasteiger partial charge in [-0.05, 0) is 13.3 Å². The minimum atomic E-state index is -2.24. The molecule has 0 aliphatic heterocycles. The van der Waals surface area contributed by atoms with Crippen molar-refractivity contribution in [2.24, 2.45) is 0 Å². The SMILES string of the molecule is CC#CCCC(O)c1c(F)c(F)c(F)c(F)c1F. The van der Waals surface area contributed by atoms with Gasteiger partial charge in [-0.15, -0.1) is 11.8 Å². The number of hydrogen-bond acceptors (Lipinski definition) is 1. The van der Waals surface area contributed by atoms with Crippen LogP contribution < -0.4 is 0 Å². The summed E-state index contributed by atoms with van der Waals surface area (Å²) in [5.74, 6) is -5.40. The molecule has 0 radical (unpaired) electrons. The topological polar surface area (TPSA) is 20.2 Å². The predicted molar refractivity (Wildman–Crippen MR) is 53.9 cm³/mol. The van der Waals surface area contributed by atoms with Crippen LogP contribution in [0.5, 0.6) is 0 Å². The van der Waals surface area contributed by atoms with E-state index in [-0.39, 0.29) is 12.8 Å². The molecule has 6 heteroatoms. The van der Waals surface area contributed by atoms with Gasteiger partial charge >= 0.3 is 0 Å². The van der Waals surface area contributed by atoms with Crippen LogP contribution in [0.3, 0.4) is 0 Å². The number of rotatable bonds is 3. The van der Waals surface area contributed by atoms with E-state index in [4.69, 9.17) is 0 Å². The largest absolute Gasteiger partial charge is 0.388 e. The summed E-state index contributed by atoms with van der Waals surface area (Å²) in [6.45, 7) is 1.52. The first-order chi connectivity index (χ1) is 8.41. The van der Waals surface area contributed by atoms with E-state index in [1.807, 2.05) is 0 Å². The minimum absolute atomic E-state index is 0.0805. The zero-order valence-corrected chi connectivity index (χ0v) is 9.33. The van der Waals surface area contributed by atoms with Crippen LogP contribution in [0.25, 0.3) is 0 Å². The number of benzene rings is 1. The van der Waals surface area contributed by atoms with E-state index in [0.29, 0.717) is 0 Å². The predicted octanol–water partition coefficient (Wildman–Crippen LogP) is 3.22. The van der Waals surface area contributed by atoms with Crippen molar-refractivity contribution in [2.75, 3.05) is 0 Å². The van der Waals surface area contributed by atoms with Crippen LogP contribution in [0, 0.1) is 40.9 Å². The maximum atomic E-state index is 13.2. The van der Waals surface area contributed by atoms with Crippen molar-refractivity contribution in [3.63, 3.8) is 0 Å². The molecule has 0 bridgehead atoms. The third kappa shape index (κ3) is 2.62. The second kappa shape index (κ2) is 5.83. The van der Waals surface area contributed by atoms with E-state index in [1.165, 1.54) is 6.92 Å². The number of aliphatic hydroxyl groups excluding tert-OH is 1. The van der Waals surface area contributed by atoms with Crippen LogP contribution in [0.4, 0.5) is 22.0 Å². The second-order valence-electron chi connectivity index (χ2n) is 3.46. The normalized spacial score (nSPS) is 11.9. The molecule has 1 unspecified atom stereocenters. The van der Waals surface area contributed by atoms with Crippen LogP contribution in [-0.2, 0) is 0 Å². The van der Waals surface area contributed by atoms with E-state index in [1.54, 1.807) is 0 Å². The molecule has 0 fully saturated rings. The lowest BCUT2D eigenvalue weighted by atomic mass is 10.0. The molecule has 0 aliphatic rings. The summed E-state index contributed by atoms with van der Waals surface area (Å²) in [5, 5.41) is 9.45. The summed E-state index contributed by atoms with van der Waals surface area (Å²) in [6, 6.07) is 0. The van der Waals surface area contributed by atoms with Gasteiger partial charge in [-0.1, -0.05) is 0 Å². The first-order valence-corrected chi connectivity index (χ1v) is 5.00. The minimum Gasteiger partial charge on any atom is -0.388 e. The van der Waals surface area contributed by atoms with Crippen LogP contribution in [0.15, 0.2) is 0 Å². The first kappa shape index (κ1) is 14.5. The van der Waals surface area contributed by atoms with Gasteiger partial charge in [0.2, 0.25) is 5.82 Å². The molecule has 98 valence electrons. The molecule has 0 aromatic heterocycles. The van der Waals surface area contributed by atoms with Gasteiger partial charge < -0.3 is 5.11 Å². The number of halogens is 5. The summed E-state index contributed by atoms with van der Waals surface area (Å²) in [6.07, 6.45) is -1.94. The third-order valence-electron chi connectivity index (χ3n) is 2.30. The average Bonchev–Trinajstić information content (AvgIpc) is 2.34. The maximum Gasteiger partial charge on any atom is 0.200 e. The molecule has 0 heterocycles. The van der Waals surface area contributed by atoms with Crippen molar-refractivity contribution in [2.45, 2.75) is 25.9 Å². The molecule has 1 N–H and O–H groups in total. The molecular weight excluding hydrogens is 255 g/mol. The Bertz CT molecular complexity index is 486. The van der Waals surface area contributed by atoms with Gasteiger partial charge in [-0.2, -0.15) is 0 Å². The summed E-state index contributed by atoms with van der Waals surface area (Å²) in [5.41, 5.74) is -1.22. The number of aliphatic hydroxyl groups is 1. The summed E-state index contributed by atoms with van der Waals surface area (Å²) >= 11 is 0. The Labute approximate surface area is 100 Å². The highest BCUT2D eigenvalue weighted by Crippen LogP contribution is 2.29. The molecule has 1 aromatic carbocycles. The zero-order valence-electron chi connectivity index (χ0n) is 9.33. The lowest BCUT2D eigenvalue weighted by Crippen LogP contribution is -2.11. The molecule has 1 aromatic rings. The lowest BCUT2D eigenvalue weighted by molar-refractivity contribution is 0.155. The molecule has 1 nitrogen and oxygen atoms in total. The van der Waals surface area contributed by atoms with Crippen LogP contribution in [0.2, 0.25) is 0 Å². The highest BCUT2D eigenvalue weighted by Gasteiger charge is 2.29. The van der Waals surface area contributed by atoms with Crippen molar-refractivity contribution in [1.82, 2.24) is 0 Å². The summed E-state index contributed by atoms with van der Waals surface area (Å²) < 4.78 is 64.9. The molecule has 1 atom stereocenters.